The second kappa shape index (κ2) is 6.12. The summed E-state index contributed by atoms with van der Waals surface area (Å²) >= 11 is 5.91. The Labute approximate surface area is 117 Å². The first-order chi connectivity index (χ1) is 9.24. The molecule has 0 heterocycles. The molecule has 0 saturated carbocycles. The van der Waals surface area contributed by atoms with Crippen molar-refractivity contribution in [2.45, 2.75) is 6.42 Å². The highest BCUT2D eigenvalue weighted by Crippen LogP contribution is 2.35. The molecule has 96 valence electrons. The van der Waals surface area contributed by atoms with Gasteiger partial charge in [-0.25, -0.2) is 0 Å². The molecular weight excluding hydrogens is 262 g/mol. The third-order valence-corrected chi connectivity index (χ3v) is 2.79. The molecule has 0 fully saturated rings. The first-order valence-corrected chi connectivity index (χ1v) is 6.08. The number of hydrogen-bond donors (Lipinski definition) is 0. The number of halogens is 1. The number of rotatable bonds is 4. The van der Waals surface area contributed by atoms with Crippen LogP contribution in [0.2, 0.25) is 5.02 Å². The van der Waals surface area contributed by atoms with E-state index in [1.807, 2.05) is 24.3 Å². The summed E-state index contributed by atoms with van der Waals surface area (Å²) in [5, 5.41) is 9.39. The average Bonchev–Trinajstić information content (AvgIpc) is 2.39. The van der Waals surface area contributed by atoms with E-state index in [0.29, 0.717) is 22.3 Å². The van der Waals surface area contributed by atoms with Crippen molar-refractivity contribution in [2.75, 3.05) is 7.11 Å². The van der Waals surface area contributed by atoms with Gasteiger partial charge < -0.3 is 9.47 Å². The Morgan fingerprint density at radius 3 is 2.68 bits per heavy atom. The fourth-order valence-corrected chi connectivity index (χ4v) is 1.94. The molecule has 2 aromatic carbocycles. The molecule has 2 aromatic rings. The highest BCUT2D eigenvalue weighted by Gasteiger charge is 2.10. The SMILES string of the molecule is COc1c(CC#N)cccc1Oc1cccc(Cl)c1. The van der Waals surface area contributed by atoms with Crippen LogP contribution in [0.1, 0.15) is 5.56 Å². The van der Waals surface area contributed by atoms with Crippen molar-refractivity contribution in [3.05, 3.63) is 53.1 Å². The molecule has 0 unspecified atom stereocenters. The van der Waals surface area contributed by atoms with E-state index >= 15 is 0 Å². The van der Waals surface area contributed by atoms with Gasteiger partial charge in [-0.3, -0.25) is 0 Å². The summed E-state index contributed by atoms with van der Waals surface area (Å²) in [5.41, 5.74) is 0.796. The van der Waals surface area contributed by atoms with Gasteiger partial charge in [0.05, 0.1) is 19.6 Å². The molecule has 0 amide bonds. The van der Waals surface area contributed by atoms with Crippen molar-refractivity contribution < 1.29 is 9.47 Å². The number of ether oxygens (including phenoxy) is 2. The van der Waals surface area contributed by atoms with Gasteiger partial charge in [0.25, 0.3) is 0 Å². The molecule has 0 radical (unpaired) electrons. The predicted molar refractivity (Wildman–Crippen MR) is 73.8 cm³/mol. The van der Waals surface area contributed by atoms with E-state index in [9.17, 15) is 0 Å². The zero-order valence-electron chi connectivity index (χ0n) is 10.4. The number of para-hydroxylation sites is 1. The van der Waals surface area contributed by atoms with Crippen LogP contribution in [0.4, 0.5) is 0 Å². The molecule has 0 bridgehead atoms. The maximum Gasteiger partial charge on any atom is 0.169 e. The molecule has 19 heavy (non-hydrogen) atoms. The lowest BCUT2D eigenvalue weighted by molar-refractivity contribution is 0.375. The standard InChI is InChI=1S/C15H12ClNO2/c1-18-15-11(8-9-17)4-2-7-14(15)19-13-6-3-5-12(16)10-13/h2-7,10H,8H2,1H3. The fraction of sp³-hybridized carbons (Fsp3) is 0.133. The van der Waals surface area contributed by atoms with Gasteiger partial charge in [0, 0.05) is 10.6 Å². The Bertz CT molecular complexity index is 620. The van der Waals surface area contributed by atoms with Gasteiger partial charge in [0.1, 0.15) is 5.75 Å². The summed E-state index contributed by atoms with van der Waals surface area (Å²) < 4.78 is 11.1. The van der Waals surface area contributed by atoms with Crippen LogP contribution in [-0.2, 0) is 6.42 Å². The van der Waals surface area contributed by atoms with E-state index in [0.717, 1.165) is 5.56 Å². The summed E-state index contributed by atoms with van der Waals surface area (Å²) in [6, 6.07) is 14.7. The van der Waals surface area contributed by atoms with Gasteiger partial charge >= 0.3 is 0 Å². The smallest absolute Gasteiger partial charge is 0.169 e. The van der Waals surface area contributed by atoms with Crippen molar-refractivity contribution >= 4 is 11.6 Å². The third-order valence-electron chi connectivity index (χ3n) is 2.56. The zero-order chi connectivity index (χ0) is 13.7. The Morgan fingerprint density at radius 2 is 2.00 bits per heavy atom. The third kappa shape index (κ3) is 3.18. The van der Waals surface area contributed by atoms with Crippen LogP contribution in [0.3, 0.4) is 0 Å². The van der Waals surface area contributed by atoms with Gasteiger partial charge in [-0.2, -0.15) is 5.26 Å². The molecule has 0 spiro atoms. The molecule has 2 rings (SSSR count). The van der Waals surface area contributed by atoms with Crippen LogP contribution in [0.15, 0.2) is 42.5 Å². The minimum atomic E-state index is 0.274. The van der Waals surface area contributed by atoms with Crippen LogP contribution in [-0.4, -0.2) is 7.11 Å². The van der Waals surface area contributed by atoms with Gasteiger partial charge in [-0.05, 0) is 24.3 Å². The number of hydrogen-bond acceptors (Lipinski definition) is 3. The molecular formula is C15H12ClNO2. The molecule has 4 heteroatoms. The summed E-state index contributed by atoms with van der Waals surface area (Å²) in [5.74, 6) is 1.77. The number of nitriles is 1. The highest BCUT2D eigenvalue weighted by molar-refractivity contribution is 6.30. The van der Waals surface area contributed by atoms with Crippen LogP contribution >= 0.6 is 11.6 Å². The minimum Gasteiger partial charge on any atom is -0.493 e. The summed E-state index contributed by atoms with van der Waals surface area (Å²) in [6.07, 6.45) is 0.274. The molecule has 3 nitrogen and oxygen atoms in total. The summed E-state index contributed by atoms with van der Waals surface area (Å²) in [7, 11) is 1.56. The normalized spacial score (nSPS) is 9.74. The van der Waals surface area contributed by atoms with Crippen molar-refractivity contribution in [2.24, 2.45) is 0 Å². The zero-order valence-corrected chi connectivity index (χ0v) is 11.1. The molecule has 0 aliphatic rings. The summed E-state index contributed by atoms with van der Waals surface area (Å²) in [6.45, 7) is 0. The van der Waals surface area contributed by atoms with Crippen LogP contribution in [0.5, 0.6) is 17.2 Å². The topological polar surface area (TPSA) is 42.2 Å². The molecule has 0 aliphatic heterocycles. The minimum absolute atomic E-state index is 0.274. The van der Waals surface area contributed by atoms with Crippen LogP contribution < -0.4 is 9.47 Å². The first kappa shape index (κ1) is 13.3. The van der Waals surface area contributed by atoms with Crippen molar-refractivity contribution in [1.29, 1.82) is 5.26 Å². The van der Waals surface area contributed by atoms with E-state index in [4.69, 9.17) is 26.3 Å². The molecule has 0 aromatic heterocycles. The monoisotopic (exact) mass is 273 g/mol. The number of methoxy groups -OCH3 is 1. The van der Waals surface area contributed by atoms with Crippen LogP contribution in [0, 0.1) is 11.3 Å². The first-order valence-electron chi connectivity index (χ1n) is 5.71. The van der Waals surface area contributed by atoms with Gasteiger partial charge in [0.15, 0.2) is 11.5 Å². The second-order valence-electron chi connectivity index (χ2n) is 3.84. The second-order valence-corrected chi connectivity index (χ2v) is 4.28. The molecule has 0 saturated heterocycles. The van der Waals surface area contributed by atoms with E-state index in [1.54, 1.807) is 25.3 Å². The van der Waals surface area contributed by atoms with Crippen molar-refractivity contribution in [3.63, 3.8) is 0 Å². The van der Waals surface area contributed by atoms with Gasteiger partial charge in [-0.1, -0.05) is 29.8 Å². The Balaban J connectivity index is 2.35. The van der Waals surface area contributed by atoms with E-state index in [1.165, 1.54) is 0 Å². The largest absolute Gasteiger partial charge is 0.493 e. The van der Waals surface area contributed by atoms with Gasteiger partial charge in [0.2, 0.25) is 0 Å². The maximum atomic E-state index is 8.79. The maximum absolute atomic E-state index is 8.79. The van der Waals surface area contributed by atoms with Crippen LogP contribution in [0.25, 0.3) is 0 Å². The average molecular weight is 274 g/mol. The number of benzene rings is 2. The Kier molecular flexibility index (Phi) is 4.27. The lowest BCUT2D eigenvalue weighted by Crippen LogP contribution is -1.95. The lowest BCUT2D eigenvalue weighted by Gasteiger charge is -2.13. The van der Waals surface area contributed by atoms with Crippen molar-refractivity contribution in [1.82, 2.24) is 0 Å². The molecule has 0 atom stereocenters. The van der Waals surface area contributed by atoms with E-state index in [2.05, 4.69) is 6.07 Å². The summed E-state index contributed by atoms with van der Waals surface area (Å²) in [4.78, 5) is 0. The molecule has 0 aliphatic carbocycles. The fourth-order valence-electron chi connectivity index (χ4n) is 1.76. The Morgan fingerprint density at radius 1 is 1.21 bits per heavy atom. The van der Waals surface area contributed by atoms with E-state index in [-0.39, 0.29) is 6.42 Å². The number of nitrogens with zero attached hydrogens (tertiary/aromatic N) is 1. The quantitative estimate of drug-likeness (QED) is 0.838. The van der Waals surface area contributed by atoms with E-state index < -0.39 is 0 Å². The molecule has 0 N–H and O–H groups in total. The predicted octanol–water partition coefficient (Wildman–Crippen LogP) is 4.21. The van der Waals surface area contributed by atoms with Crippen molar-refractivity contribution in [3.8, 4) is 23.3 Å². The highest BCUT2D eigenvalue weighted by atomic mass is 35.5. The Hall–Kier alpha value is -2.18. The van der Waals surface area contributed by atoms with Gasteiger partial charge in [-0.15, -0.1) is 0 Å². The lowest BCUT2D eigenvalue weighted by atomic mass is 10.1.